The minimum atomic E-state index is -0.625. The SMILES string of the molecule is CCc1cc(CNCC2CCC(C(=O)O)CC2)n(CC)n1. The van der Waals surface area contributed by atoms with Crippen LogP contribution in [0.25, 0.3) is 0 Å². The zero-order valence-corrected chi connectivity index (χ0v) is 13.1. The van der Waals surface area contributed by atoms with E-state index in [1.165, 1.54) is 5.69 Å². The molecule has 118 valence electrons. The van der Waals surface area contributed by atoms with Crippen molar-refractivity contribution < 1.29 is 9.90 Å². The maximum Gasteiger partial charge on any atom is 0.306 e. The first-order valence-corrected chi connectivity index (χ1v) is 8.13. The van der Waals surface area contributed by atoms with E-state index in [2.05, 4.69) is 35.0 Å². The lowest BCUT2D eigenvalue weighted by Gasteiger charge is -2.26. The van der Waals surface area contributed by atoms with Crippen LogP contribution in [0, 0.1) is 11.8 Å². The largest absolute Gasteiger partial charge is 0.481 e. The highest BCUT2D eigenvalue weighted by molar-refractivity contribution is 5.69. The molecule has 1 aliphatic carbocycles. The van der Waals surface area contributed by atoms with Crippen molar-refractivity contribution in [1.82, 2.24) is 15.1 Å². The molecule has 0 unspecified atom stereocenters. The van der Waals surface area contributed by atoms with Gasteiger partial charge in [-0.3, -0.25) is 9.48 Å². The van der Waals surface area contributed by atoms with E-state index in [-0.39, 0.29) is 5.92 Å². The molecule has 1 aliphatic rings. The molecule has 1 heterocycles. The van der Waals surface area contributed by atoms with E-state index in [0.717, 1.165) is 57.4 Å². The standard InChI is InChI=1S/C16H27N3O2/c1-3-14-9-15(19(4-2)18-14)11-17-10-12-5-7-13(8-6-12)16(20)21/h9,12-13,17H,3-8,10-11H2,1-2H3,(H,20,21). The molecule has 0 spiro atoms. The van der Waals surface area contributed by atoms with Gasteiger partial charge in [0, 0.05) is 13.1 Å². The number of rotatable bonds is 7. The van der Waals surface area contributed by atoms with Crippen molar-refractivity contribution in [2.45, 2.75) is 59.0 Å². The van der Waals surface area contributed by atoms with Gasteiger partial charge in [0.15, 0.2) is 0 Å². The van der Waals surface area contributed by atoms with Crippen molar-refractivity contribution in [3.05, 3.63) is 17.5 Å². The van der Waals surface area contributed by atoms with Gasteiger partial charge in [-0.1, -0.05) is 6.92 Å². The smallest absolute Gasteiger partial charge is 0.306 e. The molecular formula is C16H27N3O2. The molecule has 0 amide bonds. The number of hydrogen-bond acceptors (Lipinski definition) is 3. The van der Waals surface area contributed by atoms with E-state index in [1.807, 2.05) is 0 Å². The molecule has 1 fully saturated rings. The first-order valence-electron chi connectivity index (χ1n) is 8.13. The highest BCUT2D eigenvalue weighted by atomic mass is 16.4. The topological polar surface area (TPSA) is 67.2 Å². The Bertz CT molecular complexity index is 462. The molecule has 1 aromatic heterocycles. The summed E-state index contributed by atoms with van der Waals surface area (Å²) in [5, 5.41) is 17.1. The fraction of sp³-hybridized carbons (Fsp3) is 0.750. The number of carboxylic acids is 1. The van der Waals surface area contributed by atoms with Crippen LogP contribution in [0.1, 0.15) is 50.9 Å². The summed E-state index contributed by atoms with van der Waals surface area (Å²) < 4.78 is 2.06. The molecule has 0 saturated heterocycles. The summed E-state index contributed by atoms with van der Waals surface area (Å²) in [7, 11) is 0. The Morgan fingerprint density at radius 2 is 2.10 bits per heavy atom. The Morgan fingerprint density at radius 3 is 2.67 bits per heavy atom. The van der Waals surface area contributed by atoms with Crippen LogP contribution in [0.2, 0.25) is 0 Å². The number of carbonyl (C=O) groups is 1. The van der Waals surface area contributed by atoms with Crippen molar-refractivity contribution in [2.24, 2.45) is 11.8 Å². The van der Waals surface area contributed by atoms with Crippen molar-refractivity contribution in [3.63, 3.8) is 0 Å². The minimum Gasteiger partial charge on any atom is -0.481 e. The molecule has 0 aromatic carbocycles. The molecule has 5 nitrogen and oxygen atoms in total. The summed E-state index contributed by atoms with van der Waals surface area (Å²) in [6.45, 7) is 6.96. The Kier molecular flexibility index (Phi) is 5.79. The van der Waals surface area contributed by atoms with Crippen LogP contribution in [-0.2, 0) is 24.3 Å². The second-order valence-corrected chi connectivity index (χ2v) is 5.98. The number of aromatic nitrogens is 2. The zero-order chi connectivity index (χ0) is 15.2. The third-order valence-electron chi connectivity index (χ3n) is 4.51. The van der Waals surface area contributed by atoms with Crippen LogP contribution in [-0.4, -0.2) is 27.4 Å². The lowest BCUT2D eigenvalue weighted by molar-refractivity contribution is -0.143. The summed E-state index contributed by atoms with van der Waals surface area (Å²) in [5.74, 6) is -0.125. The van der Waals surface area contributed by atoms with Crippen molar-refractivity contribution in [1.29, 1.82) is 0 Å². The van der Waals surface area contributed by atoms with Gasteiger partial charge in [0.05, 0.1) is 17.3 Å². The Hall–Kier alpha value is -1.36. The van der Waals surface area contributed by atoms with Gasteiger partial charge in [0.25, 0.3) is 0 Å². The Morgan fingerprint density at radius 1 is 1.38 bits per heavy atom. The van der Waals surface area contributed by atoms with Crippen LogP contribution in [0.4, 0.5) is 0 Å². The summed E-state index contributed by atoms with van der Waals surface area (Å²) >= 11 is 0. The average molecular weight is 293 g/mol. The average Bonchev–Trinajstić information content (AvgIpc) is 2.90. The second kappa shape index (κ2) is 7.59. The fourth-order valence-corrected chi connectivity index (χ4v) is 3.12. The van der Waals surface area contributed by atoms with Gasteiger partial charge in [-0.25, -0.2) is 0 Å². The molecular weight excluding hydrogens is 266 g/mol. The molecule has 0 bridgehead atoms. The highest BCUT2D eigenvalue weighted by Crippen LogP contribution is 2.28. The number of aliphatic carboxylic acids is 1. The number of hydrogen-bond donors (Lipinski definition) is 2. The van der Waals surface area contributed by atoms with Gasteiger partial charge in [-0.15, -0.1) is 0 Å². The first kappa shape index (κ1) is 16.0. The molecule has 0 atom stereocenters. The normalized spacial score (nSPS) is 22.4. The Balaban J connectivity index is 1.75. The number of aryl methyl sites for hydroxylation is 2. The van der Waals surface area contributed by atoms with Gasteiger partial charge >= 0.3 is 5.97 Å². The van der Waals surface area contributed by atoms with Crippen LogP contribution >= 0.6 is 0 Å². The lowest BCUT2D eigenvalue weighted by Crippen LogP contribution is -2.29. The van der Waals surface area contributed by atoms with Crippen molar-refractivity contribution >= 4 is 5.97 Å². The highest BCUT2D eigenvalue weighted by Gasteiger charge is 2.25. The van der Waals surface area contributed by atoms with E-state index in [0.29, 0.717) is 5.92 Å². The van der Waals surface area contributed by atoms with Crippen LogP contribution < -0.4 is 5.32 Å². The van der Waals surface area contributed by atoms with Gasteiger partial charge in [0.2, 0.25) is 0 Å². The number of carboxylic acid groups (broad SMARTS) is 1. The van der Waals surface area contributed by atoms with Crippen LogP contribution in [0.3, 0.4) is 0 Å². The summed E-state index contributed by atoms with van der Waals surface area (Å²) in [5.41, 5.74) is 2.39. The first-order chi connectivity index (χ1) is 10.1. The number of nitrogens with zero attached hydrogens (tertiary/aromatic N) is 2. The Labute approximate surface area is 126 Å². The van der Waals surface area contributed by atoms with E-state index in [1.54, 1.807) is 0 Å². The quantitative estimate of drug-likeness (QED) is 0.810. The maximum atomic E-state index is 10.9. The zero-order valence-electron chi connectivity index (χ0n) is 13.1. The monoisotopic (exact) mass is 293 g/mol. The minimum absolute atomic E-state index is 0.116. The van der Waals surface area contributed by atoms with E-state index >= 15 is 0 Å². The molecule has 0 aliphatic heterocycles. The molecule has 2 rings (SSSR count). The second-order valence-electron chi connectivity index (χ2n) is 5.98. The summed E-state index contributed by atoms with van der Waals surface area (Å²) in [6.07, 6.45) is 4.68. The van der Waals surface area contributed by atoms with Gasteiger partial charge in [-0.05, 0) is 57.6 Å². The molecule has 1 aromatic rings. The fourth-order valence-electron chi connectivity index (χ4n) is 3.12. The summed E-state index contributed by atoms with van der Waals surface area (Å²) in [4.78, 5) is 10.9. The van der Waals surface area contributed by atoms with E-state index < -0.39 is 5.97 Å². The summed E-state index contributed by atoms with van der Waals surface area (Å²) in [6, 6.07) is 2.18. The molecule has 21 heavy (non-hydrogen) atoms. The maximum absolute atomic E-state index is 10.9. The van der Waals surface area contributed by atoms with Gasteiger partial charge in [0.1, 0.15) is 0 Å². The molecule has 5 heteroatoms. The van der Waals surface area contributed by atoms with Crippen molar-refractivity contribution in [3.8, 4) is 0 Å². The molecule has 0 radical (unpaired) electrons. The van der Waals surface area contributed by atoms with Crippen molar-refractivity contribution in [2.75, 3.05) is 6.54 Å². The lowest BCUT2D eigenvalue weighted by atomic mass is 9.82. The third-order valence-corrected chi connectivity index (χ3v) is 4.51. The van der Waals surface area contributed by atoms with Gasteiger partial charge < -0.3 is 10.4 Å². The van der Waals surface area contributed by atoms with Crippen LogP contribution in [0.15, 0.2) is 6.07 Å². The van der Waals surface area contributed by atoms with Crippen LogP contribution in [0.5, 0.6) is 0 Å². The molecule has 1 saturated carbocycles. The number of nitrogens with one attached hydrogen (secondary N) is 1. The third kappa shape index (κ3) is 4.30. The van der Waals surface area contributed by atoms with E-state index in [4.69, 9.17) is 5.11 Å². The van der Waals surface area contributed by atoms with E-state index in [9.17, 15) is 4.79 Å². The van der Waals surface area contributed by atoms with Gasteiger partial charge in [-0.2, -0.15) is 5.10 Å². The molecule has 2 N–H and O–H groups in total. The predicted octanol–water partition coefficient (Wildman–Crippen LogP) is 2.45. The predicted molar refractivity (Wildman–Crippen MR) is 82.1 cm³/mol.